The average Bonchev–Trinajstić information content (AvgIpc) is 2.84. The van der Waals surface area contributed by atoms with E-state index in [1.807, 2.05) is 11.4 Å². The summed E-state index contributed by atoms with van der Waals surface area (Å²) < 4.78 is 1.16. The van der Waals surface area contributed by atoms with E-state index < -0.39 is 0 Å². The molecule has 106 valence electrons. The van der Waals surface area contributed by atoms with E-state index in [-0.39, 0.29) is 5.91 Å². The maximum absolute atomic E-state index is 11.9. The third-order valence-corrected chi connectivity index (χ3v) is 5.25. The number of amides is 1. The number of carbonyl (C=O) groups excluding carboxylic acids is 1. The second-order valence-electron chi connectivity index (χ2n) is 5.32. The highest BCUT2D eigenvalue weighted by Gasteiger charge is 2.14. The van der Waals surface area contributed by atoms with Gasteiger partial charge in [0.15, 0.2) is 0 Å². The molecule has 1 aromatic heterocycles. The topological polar surface area (TPSA) is 32.3 Å². The molecule has 1 aliphatic heterocycles. The first-order chi connectivity index (χ1) is 9.15. The van der Waals surface area contributed by atoms with Crippen molar-refractivity contribution in [3.05, 3.63) is 19.9 Å². The van der Waals surface area contributed by atoms with Gasteiger partial charge in [-0.1, -0.05) is 13.3 Å². The Morgan fingerprint density at radius 3 is 2.84 bits per heavy atom. The Balaban J connectivity index is 1.70. The SMILES string of the molecule is CC(CNC(=O)c1csc(I)c1)CN1CCCCC1. The Morgan fingerprint density at radius 2 is 2.21 bits per heavy atom. The Kier molecular flexibility index (Phi) is 6.09. The molecule has 1 saturated heterocycles. The molecule has 2 heterocycles. The molecule has 3 nitrogen and oxygen atoms in total. The maximum Gasteiger partial charge on any atom is 0.252 e. The van der Waals surface area contributed by atoms with Crippen molar-refractivity contribution < 1.29 is 4.79 Å². The molecule has 0 bridgehead atoms. The van der Waals surface area contributed by atoms with E-state index in [4.69, 9.17) is 0 Å². The number of piperidine rings is 1. The minimum absolute atomic E-state index is 0.0599. The lowest BCUT2D eigenvalue weighted by Crippen LogP contribution is -2.37. The Labute approximate surface area is 132 Å². The summed E-state index contributed by atoms with van der Waals surface area (Å²) in [5, 5.41) is 4.96. The van der Waals surface area contributed by atoms with Crippen LogP contribution in [0.3, 0.4) is 0 Å². The van der Waals surface area contributed by atoms with Gasteiger partial charge in [0, 0.05) is 18.5 Å². The van der Waals surface area contributed by atoms with Crippen LogP contribution in [0.1, 0.15) is 36.5 Å². The van der Waals surface area contributed by atoms with Crippen molar-refractivity contribution >= 4 is 39.8 Å². The Hall–Kier alpha value is -0.140. The van der Waals surface area contributed by atoms with Crippen LogP contribution in [0.5, 0.6) is 0 Å². The molecule has 19 heavy (non-hydrogen) atoms. The molecule has 1 aliphatic rings. The Morgan fingerprint density at radius 1 is 1.47 bits per heavy atom. The van der Waals surface area contributed by atoms with Gasteiger partial charge < -0.3 is 10.2 Å². The van der Waals surface area contributed by atoms with Crippen LogP contribution >= 0.6 is 33.9 Å². The molecule has 0 aromatic carbocycles. The summed E-state index contributed by atoms with van der Waals surface area (Å²) in [5.74, 6) is 0.574. The minimum atomic E-state index is 0.0599. The van der Waals surface area contributed by atoms with Gasteiger partial charge in [-0.05, 0) is 60.5 Å². The van der Waals surface area contributed by atoms with Gasteiger partial charge in [-0.25, -0.2) is 0 Å². The molecule has 1 atom stereocenters. The van der Waals surface area contributed by atoms with Crippen LogP contribution in [0.4, 0.5) is 0 Å². The predicted molar refractivity (Wildman–Crippen MR) is 88.8 cm³/mol. The van der Waals surface area contributed by atoms with Crippen LogP contribution in [0.25, 0.3) is 0 Å². The number of rotatable bonds is 5. The molecule has 1 aromatic rings. The van der Waals surface area contributed by atoms with Gasteiger partial charge in [-0.2, -0.15) is 0 Å². The molecule has 0 spiro atoms. The van der Waals surface area contributed by atoms with Crippen molar-refractivity contribution in [1.82, 2.24) is 10.2 Å². The molecule has 1 N–H and O–H groups in total. The van der Waals surface area contributed by atoms with Gasteiger partial charge in [-0.3, -0.25) is 4.79 Å². The normalized spacial score (nSPS) is 18.2. The van der Waals surface area contributed by atoms with Crippen molar-refractivity contribution in [2.24, 2.45) is 5.92 Å². The van der Waals surface area contributed by atoms with Crippen LogP contribution in [0, 0.1) is 8.80 Å². The molecule has 0 radical (unpaired) electrons. The van der Waals surface area contributed by atoms with Crippen LogP contribution in [-0.2, 0) is 0 Å². The lowest BCUT2D eigenvalue weighted by molar-refractivity contribution is 0.0943. The summed E-state index contributed by atoms with van der Waals surface area (Å²) in [6, 6.07) is 1.94. The first-order valence-corrected chi connectivity index (χ1v) is 8.85. The smallest absolute Gasteiger partial charge is 0.252 e. The van der Waals surface area contributed by atoms with Gasteiger partial charge >= 0.3 is 0 Å². The molecule has 1 unspecified atom stereocenters. The minimum Gasteiger partial charge on any atom is -0.352 e. The standard InChI is InChI=1S/C14H21IN2OS/c1-11(9-17-5-3-2-4-6-17)8-16-14(18)12-7-13(15)19-10-12/h7,10-11H,2-6,8-9H2,1H3,(H,16,18). The summed E-state index contributed by atoms with van der Waals surface area (Å²) in [6.45, 7) is 6.53. The number of nitrogens with one attached hydrogen (secondary N) is 1. The largest absolute Gasteiger partial charge is 0.352 e. The van der Waals surface area contributed by atoms with Gasteiger partial charge in [0.2, 0.25) is 0 Å². The van der Waals surface area contributed by atoms with E-state index in [9.17, 15) is 4.79 Å². The number of likely N-dealkylation sites (tertiary alicyclic amines) is 1. The van der Waals surface area contributed by atoms with Crippen molar-refractivity contribution in [2.45, 2.75) is 26.2 Å². The quantitative estimate of drug-likeness (QED) is 0.781. The lowest BCUT2D eigenvalue weighted by atomic mass is 10.1. The van der Waals surface area contributed by atoms with E-state index in [2.05, 4.69) is 39.7 Å². The molecule has 0 aliphatic carbocycles. The first kappa shape index (κ1) is 15.3. The van der Waals surface area contributed by atoms with Gasteiger partial charge in [0.05, 0.1) is 8.45 Å². The summed E-state index contributed by atoms with van der Waals surface area (Å²) >= 11 is 3.86. The zero-order chi connectivity index (χ0) is 13.7. The van der Waals surface area contributed by atoms with Crippen LogP contribution in [0.15, 0.2) is 11.4 Å². The van der Waals surface area contributed by atoms with E-state index in [1.54, 1.807) is 11.3 Å². The van der Waals surface area contributed by atoms with Crippen molar-refractivity contribution in [1.29, 1.82) is 0 Å². The highest BCUT2D eigenvalue weighted by Crippen LogP contribution is 2.16. The highest BCUT2D eigenvalue weighted by molar-refractivity contribution is 14.1. The zero-order valence-corrected chi connectivity index (χ0v) is 14.3. The Bertz CT molecular complexity index is 415. The van der Waals surface area contributed by atoms with E-state index >= 15 is 0 Å². The molecular formula is C14H21IN2OS. The molecule has 1 fully saturated rings. The number of thiophene rings is 1. The molecule has 2 rings (SSSR count). The number of hydrogen-bond donors (Lipinski definition) is 1. The lowest BCUT2D eigenvalue weighted by Gasteiger charge is -2.29. The van der Waals surface area contributed by atoms with Gasteiger partial charge in [-0.15, -0.1) is 11.3 Å². The summed E-state index contributed by atoms with van der Waals surface area (Å²) in [6.07, 6.45) is 4.03. The van der Waals surface area contributed by atoms with E-state index in [0.717, 1.165) is 21.5 Å². The third-order valence-electron chi connectivity index (χ3n) is 3.46. The van der Waals surface area contributed by atoms with Crippen LogP contribution in [-0.4, -0.2) is 37.0 Å². The third kappa shape index (κ3) is 5.04. The molecule has 0 saturated carbocycles. The van der Waals surface area contributed by atoms with E-state index in [0.29, 0.717) is 5.92 Å². The monoisotopic (exact) mass is 392 g/mol. The number of nitrogens with zero attached hydrogens (tertiary/aromatic N) is 1. The zero-order valence-electron chi connectivity index (χ0n) is 11.3. The number of hydrogen-bond acceptors (Lipinski definition) is 3. The summed E-state index contributed by atoms with van der Waals surface area (Å²) in [7, 11) is 0. The summed E-state index contributed by atoms with van der Waals surface area (Å²) in [5.41, 5.74) is 0.791. The van der Waals surface area contributed by atoms with Crippen molar-refractivity contribution in [3.8, 4) is 0 Å². The predicted octanol–water partition coefficient (Wildman–Crippen LogP) is 3.20. The molecule has 1 amide bonds. The molecule has 5 heteroatoms. The second-order valence-corrected chi connectivity index (χ2v) is 8.12. The van der Waals surface area contributed by atoms with Crippen LogP contribution < -0.4 is 5.32 Å². The molecular weight excluding hydrogens is 371 g/mol. The second kappa shape index (κ2) is 7.59. The fourth-order valence-electron chi connectivity index (χ4n) is 2.45. The summed E-state index contributed by atoms with van der Waals surface area (Å²) in [4.78, 5) is 14.5. The van der Waals surface area contributed by atoms with Crippen molar-refractivity contribution in [3.63, 3.8) is 0 Å². The maximum atomic E-state index is 11.9. The highest BCUT2D eigenvalue weighted by atomic mass is 127. The van der Waals surface area contributed by atoms with Crippen molar-refractivity contribution in [2.75, 3.05) is 26.2 Å². The fraction of sp³-hybridized carbons (Fsp3) is 0.643. The van der Waals surface area contributed by atoms with Crippen LogP contribution in [0.2, 0.25) is 0 Å². The number of halogens is 1. The average molecular weight is 392 g/mol. The fourth-order valence-corrected chi connectivity index (χ4v) is 3.77. The van der Waals surface area contributed by atoms with Gasteiger partial charge in [0.25, 0.3) is 5.91 Å². The number of carbonyl (C=O) groups is 1. The van der Waals surface area contributed by atoms with Gasteiger partial charge in [0.1, 0.15) is 0 Å². The first-order valence-electron chi connectivity index (χ1n) is 6.90. The van der Waals surface area contributed by atoms with E-state index in [1.165, 1.54) is 32.4 Å².